The number of hydrogen-bond acceptors (Lipinski definition) is 3. The van der Waals surface area contributed by atoms with Crippen LogP contribution in [-0.2, 0) is 0 Å². The Bertz CT molecular complexity index is 435. The molecule has 0 spiro atoms. The molecule has 0 radical (unpaired) electrons. The van der Waals surface area contributed by atoms with Crippen molar-refractivity contribution in [2.75, 3.05) is 13.1 Å². The molecule has 0 aliphatic carbocycles. The summed E-state index contributed by atoms with van der Waals surface area (Å²) in [6.07, 6.45) is 1.31. The van der Waals surface area contributed by atoms with E-state index in [1.54, 1.807) is 12.0 Å². The van der Waals surface area contributed by atoms with Crippen LogP contribution < -0.4 is 10.6 Å². The Morgan fingerprint density at radius 3 is 2.88 bits per heavy atom. The molecule has 0 bridgehead atoms. The van der Waals surface area contributed by atoms with E-state index in [9.17, 15) is 10.1 Å². The summed E-state index contributed by atoms with van der Waals surface area (Å²) in [4.78, 5) is 12.0. The van der Waals surface area contributed by atoms with Crippen molar-refractivity contribution in [3.05, 3.63) is 29.6 Å². The van der Waals surface area contributed by atoms with Crippen molar-refractivity contribution in [1.29, 1.82) is 5.26 Å². The van der Waals surface area contributed by atoms with Gasteiger partial charge in [0.05, 0.1) is 0 Å². The monoisotopic (exact) mass is 227 g/mol. The molecule has 1 saturated heterocycles. The number of piperidine rings is 1. The Hall–Kier alpha value is -1.67. The second-order valence-electron chi connectivity index (χ2n) is 4.26. The van der Waals surface area contributed by atoms with E-state index >= 15 is 0 Å². The molecule has 17 heavy (non-hydrogen) atoms. The molecule has 0 saturated carbocycles. The van der Waals surface area contributed by atoms with Crippen LogP contribution in [0.2, 0.25) is 0 Å². The third-order valence-corrected chi connectivity index (χ3v) is 3.06. The first-order valence-electron chi connectivity index (χ1n) is 5.75. The molecule has 0 aromatic carbocycles. The number of amides is 1. The Morgan fingerprint density at radius 1 is 1.53 bits per heavy atom. The van der Waals surface area contributed by atoms with E-state index in [2.05, 4.69) is 16.7 Å². The summed E-state index contributed by atoms with van der Waals surface area (Å²) >= 11 is 0. The van der Waals surface area contributed by atoms with E-state index in [-0.39, 0.29) is 5.91 Å². The van der Waals surface area contributed by atoms with Gasteiger partial charge in [0.1, 0.15) is 0 Å². The predicted octanol–water partition coefficient (Wildman–Crippen LogP) is 0.400. The molecular weight excluding hydrogens is 213 g/mol. The molecule has 2 heterocycles. The summed E-state index contributed by atoms with van der Waals surface area (Å²) < 4.78 is 0. The minimum absolute atomic E-state index is 0.172. The Labute approximate surface area is 101 Å². The van der Waals surface area contributed by atoms with Gasteiger partial charge in [-0.3, -0.25) is 0 Å². The Kier molecular flexibility index (Phi) is 3.55. The SMILES string of the molecule is N#CC1(NC(=O)c2cbccc2)CCNCC1. The number of nitrogens with zero attached hydrogens (tertiary/aromatic N) is 1. The molecule has 4 nitrogen and oxygen atoms in total. The van der Waals surface area contributed by atoms with Gasteiger partial charge < -0.3 is 0 Å². The van der Waals surface area contributed by atoms with Crippen molar-refractivity contribution in [2.24, 2.45) is 0 Å². The zero-order valence-electron chi connectivity index (χ0n) is 9.57. The minimum atomic E-state index is -0.710. The average Bonchev–Trinajstić information content (AvgIpc) is 2.41. The molecule has 1 aromatic heterocycles. The van der Waals surface area contributed by atoms with Crippen LogP contribution in [0.1, 0.15) is 23.2 Å². The number of nitrogens with one attached hydrogen (secondary N) is 2. The maximum absolute atomic E-state index is 12.0. The first-order chi connectivity index (χ1) is 8.26. The molecule has 0 atom stereocenters. The van der Waals surface area contributed by atoms with Crippen LogP contribution in [0, 0.1) is 11.3 Å². The van der Waals surface area contributed by atoms with Crippen molar-refractivity contribution < 1.29 is 4.79 Å². The fourth-order valence-corrected chi connectivity index (χ4v) is 2.00. The zero-order valence-corrected chi connectivity index (χ0v) is 9.57. The zero-order chi connectivity index (χ0) is 12.1. The van der Waals surface area contributed by atoms with Crippen molar-refractivity contribution >= 4 is 12.8 Å². The molecular formula is C12H14BN3O. The summed E-state index contributed by atoms with van der Waals surface area (Å²) in [6.45, 7) is 3.35. The van der Waals surface area contributed by atoms with Crippen molar-refractivity contribution in [3.63, 3.8) is 0 Å². The molecule has 1 amide bonds. The second kappa shape index (κ2) is 5.11. The summed E-state index contributed by atoms with van der Waals surface area (Å²) in [5.74, 6) is 3.44. The maximum atomic E-state index is 12.0. The van der Waals surface area contributed by atoms with Gasteiger partial charge in [-0.25, -0.2) is 0 Å². The summed E-state index contributed by atoms with van der Waals surface area (Å²) in [5.41, 5.74) is -0.112. The van der Waals surface area contributed by atoms with Crippen molar-refractivity contribution in [1.82, 2.24) is 10.6 Å². The van der Waals surface area contributed by atoms with Gasteiger partial charge >= 0.3 is 101 Å². The first-order valence-corrected chi connectivity index (χ1v) is 5.75. The third-order valence-electron chi connectivity index (χ3n) is 3.06. The second-order valence-corrected chi connectivity index (χ2v) is 4.26. The summed E-state index contributed by atoms with van der Waals surface area (Å²) in [6, 6.07) is 5.81. The van der Waals surface area contributed by atoms with Gasteiger partial charge in [0.2, 0.25) is 0 Å². The third kappa shape index (κ3) is 2.72. The van der Waals surface area contributed by atoms with Gasteiger partial charge in [-0.05, 0) is 0 Å². The number of nitriles is 1. The number of rotatable bonds is 2. The van der Waals surface area contributed by atoms with Gasteiger partial charge in [-0.1, -0.05) is 0 Å². The molecule has 1 aromatic rings. The van der Waals surface area contributed by atoms with Gasteiger partial charge in [0, 0.05) is 0 Å². The molecule has 1 aliphatic heterocycles. The van der Waals surface area contributed by atoms with Crippen LogP contribution in [-0.4, -0.2) is 31.4 Å². The molecule has 1 fully saturated rings. The van der Waals surface area contributed by atoms with Gasteiger partial charge in [-0.2, -0.15) is 0 Å². The standard InChI is InChI=1S/C12H14BN3O/c14-9-12(3-6-15-7-4-12)16-11(17)10-2-1-5-13-8-10/h1-2,5,8,15H,3-4,6-7H2,(H,16,17). The molecule has 5 heteroatoms. The van der Waals surface area contributed by atoms with Crippen LogP contribution in [0.3, 0.4) is 0 Å². The quantitative estimate of drug-likeness (QED) is 0.768. The molecule has 0 unspecified atom stereocenters. The molecule has 2 rings (SSSR count). The van der Waals surface area contributed by atoms with E-state index in [4.69, 9.17) is 0 Å². The van der Waals surface area contributed by atoms with E-state index in [1.165, 1.54) is 0 Å². The molecule has 86 valence electrons. The van der Waals surface area contributed by atoms with E-state index < -0.39 is 5.54 Å². The molecule has 2 N–H and O–H groups in total. The number of carbonyl (C=O) groups excluding carboxylic acids is 1. The van der Waals surface area contributed by atoms with Gasteiger partial charge in [-0.15, -0.1) is 0 Å². The van der Waals surface area contributed by atoms with E-state index in [1.807, 2.05) is 18.9 Å². The predicted molar refractivity (Wildman–Crippen MR) is 65.7 cm³/mol. The Morgan fingerprint density at radius 2 is 2.29 bits per heavy atom. The van der Waals surface area contributed by atoms with Crippen molar-refractivity contribution in [2.45, 2.75) is 18.4 Å². The Balaban J connectivity index is 2.10. The van der Waals surface area contributed by atoms with Gasteiger partial charge in [0.25, 0.3) is 0 Å². The summed E-state index contributed by atoms with van der Waals surface area (Å²) in [5, 5.41) is 15.3. The van der Waals surface area contributed by atoms with Crippen LogP contribution in [0.25, 0.3) is 0 Å². The van der Waals surface area contributed by atoms with Crippen molar-refractivity contribution in [3.8, 4) is 6.07 Å². The number of hydrogen-bond donors (Lipinski definition) is 2. The molecule has 1 aliphatic rings. The van der Waals surface area contributed by atoms with E-state index in [0.29, 0.717) is 18.4 Å². The first kappa shape index (κ1) is 11.8. The average molecular weight is 227 g/mol. The van der Waals surface area contributed by atoms with Crippen LogP contribution in [0.5, 0.6) is 0 Å². The van der Waals surface area contributed by atoms with Crippen LogP contribution in [0.15, 0.2) is 24.1 Å². The fourth-order valence-electron chi connectivity index (χ4n) is 2.00. The van der Waals surface area contributed by atoms with E-state index in [0.717, 1.165) is 13.1 Å². The van der Waals surface area contributed by atoms with Crippen LogP contribution >= 0.6 is 0 Å². The topological polar surface area (TPSA) is 64.9 Å². The van der Waals surface area contributed by atoms with Gasteiger partial charge in [0.15, 0.2) is 0 Å². The fraction of sp³-hybridized carbons (Fsp3) is 0.417. The van der Waals surface area contributed by atoms with Crippen LogP contribution in [0.4, 0.5) is 0 Å². The summed E-state index contributed by atoms with van der Waals surface area (Å²) in [7, 11) is 0. The number of carbonyl (C=O) groups is 1. The normalized spacial score (nSPS) is 17.8.